The van der Waals surface area contributed by atoms with E-state index in [2.05, 4.69) is 25.7 Å². The van der Waals surface area contributed by atoms with Crippen LogP contribution in [0.5, 0.6) is 0 Å². The monoisotopic (exact) mass is 1470 g/mol. The summed E-state index contributed by atoms with van der Waals surface area (Å²) < 4.78 is 127. The molecule has 0 amide bonds. The van der Waals surface area contributed by atoms with Crippen molar-refractivity contribution in [1.82, 2.24) is 19.5 Å². The molecule has 0 radical (unpaired) electrons. The largest absolute Gasteiger partial charge is 0.479 e. The van der Waals surface area contributed by atoms with E-state index in [0.717, 1.165) is 27.7 Å². The van der Waals surface area contributed by atoms with Gasteiger partial charge in [-0.1, -0.05) is 11.6 Å². The van der Waals surface area contributed by atoms with E-state index in [1.54, 1.807) is 66.3 Å². The molecule has 83 heavy (non-hydrogen) atoms. The summed E-state index contributed by atoms with van der Waals surface area (Å²) >= 11 is 0.641. The molecule has 2 aromatic rings. The van der Waals surface area contributed by atoms with Gasteiger partial charge in [0.25, 0.3) is 0 Å². The van der Waals surface area contributed by atoms with Crippen LogP contribution in [-0.4, -0.2) is 191 Å². The zero-order valence-corrected chi connectivity index (χ0v) is 56.2. The summed E-state index contributed by atoms with van der Waals surface area (Å²) in [5, 5.41) is 9.06. The van der Waals surface area contributed by atoms with Crippen molar-refractivity contribution in [1.29, 1.82) is 0 Å². The number of nitrogen functional groups attached to an aromatic ring is 1. The van der Waals surface area contributed by atoms with E-state index >= 15 is 0 Å². The molecule has 1 unspecified atom stereocenters. The van der Waals surface area contributed by atoms with Gasteiger partial charge in [-0.3, -0.25) is 23.1 Å². The molecule has 0 spiro atoms. The normalized spacial score (nSPS) is 22.4. The number of anilines is 1. The molecule has 0 saturated carbocycles. The molecule has 3 saturated heterocycles. The zero-order valence-electron chi connectivity index (χ0n) is 48.9. The van der Waals surface area contributed by atoms with Crippen LogP contribution in [-0.2, 0) is 114 Å². The number of carbonyl (C=O) groups is 6. The molecular formula is C46H79ClN5O27P3Pb. The SMILES string of the molecule is CC(=O)[O][Pb]([O]C(C)=O)([O]C(C)=O)[O]C(C)=O.CCOP(=O)(CC[C@@H]1OC(OC(C)=O)[C@@H](C)O1)OCC.CCOP(=O)(CC[C@@H]1O[C@H](C(=O)O)[C@@H](C)O1)OCC.CCOP(=O)(CC[C@H]1O[C@H](C)[C@@H](n2cnc3c(Cl)nc(N)nc32)O1)OCC. The van der Waals surface area contributed by atoms with E-state index in [4.69, 9.17) is 82.7 Å². The molecule has 3 aliphatic heterocycles. The number of aliphatic carboxylic acids is 1. The van der Waals surface area contributed by atoms with Crippen LogP contribution >= 0.6 is 34.4 Å². The Bertz CT molecular complexity index is 2470. The number of esters is 1. The topological polar surface area (TPSA) is 400 Å². The maximum atomic E-state index is 12.6. The van der Waals surface area contributed by atoms with Crippen molar-refractivity contribution in [2.45, 2.75) is 172 Å². The third kappa shape index (κ3) is 26.6. The minimum absolute atomic E-state index is 0.0479. The predicted octanol–water partition coefficient (Wildman–Crippen LogP) is 6.80. The smallest absolute Gasteiger partial charge is 0.335 e. The van der Waals surface area contributed by atoms with E-state index < -0.39 is 125 Å². The van der Waals surface area contributed by atoms with Gasteiger partial charge in [-0.2, -0.15) is 9.97 Å². The van der Waals surface area contributed by atoms with Crippen molar-refractivity contribution < 1.29 is 119 Å². The molecular weight excluding hydrogens is 1390 g/mol. The Morgan fingerprint density at radius 2 is 0.952 bits per heavy atom. The summed E-state index contributed by atoms with van der Waals surface area (Å²) in [5.74, 6) is -4.96. The third-order valence-corrected chi connectivity index (χ3v) is 25.3. The molecule has 5 rings (SSSR count). The molecule has 32 nitrogen and oxygen atoms in total. The maximum absolute atomic E-state index is 12.6. The first kappa shape index (κ1) is 75.7. The first-order chi connectivity index (χ1) is 38.8. The fourth-order valence-corrected chi connectivity index (χ4v) is 19.1. The van der Waals surface area contributed by atoms with Gasteiger partial charge in [0.15, 0.2) is 42.0 Å². The fourth-order valence-electron chi connectivity index (χ4n) is 7.45. The Morgan fingerprint density at radius 1 is 0.578 bits per heavy atom. The van der Waals surface area contributed by atoms with Crippen molar-refractivity contribution in [3.63, 3.8) is 0 Å². The molecule has 3 aliphatic rings. The summed E-state index contributed by atoms with van der Waals surface area (Å²) in [7, 11) is -9.41. The van der Waals surface area contributed by atoms with Gasteiger partial charge >= 0.3 is 139 Å². The minimum atomic E-state index is -5.43. The third-order valence-electron chi connectivity index (χ3n) is 10.3. The second-order valence-electron chi connectivity index (χ2n) is 17.3. The first-order valence-corrected chi connectivity index (χ1v) is 38.2. The summed E-state index contributed by atoms with van der Waals surface area (Å²) in [6.07, 6.45) is -2.13. The molecule has 3 N–H and O–H groups in total. The van der Waals surface area contributed by atoms with Crippen LogP contribution in [0, 0.1) is 0 Å². The molecule has 37 heteroatoms. The average molecular weight is 1470 g/mol. The summed E-state index contributed by atoms with van der Waals surface area (Å²) in [6.45, 7) is 22.9. The number of carboxylic acids is 1. The minimum Gasteiger partial charge on any atom is -0.479 e. The number of imidazole rings is 1. The standard InChI is InChI=1S/C15H23ClN5O5P.C12H23O7P.C11H21O7P.4C2H4O2.Pb/c1-4-23-27(22,24-5-2)7-6-10-25-9(3)14(26-10)21-8-18-11-12(16)19-15(17)20-13(11)21;1-5-15-20(14,16-6-2)8-7-11-17-9(3)12(19-11)18-10(4)13;1-4-15-19(14,16-5-2)7-6-9-17-8(3)10(18-9)11(12)13;4*1-2(3)4;/h8-10,14H,4-7H2,1-3H3,(H2,17,19,20);9,11-12H,5-8H2,1-4H3;8-10H,4-7H2,1-3H3,(H,12,13);4*1H3,(H,3,4);/q;;;;;;;+4/p-4/t9-,10+,14+;9-,11+,12?;8-,9+,10+;;;;;/m111...../s1. The number of aromatic nitrogens is 4. The van der Waals surface area contributed by atoms with Crippen LogP contribution in [0.15, 0.2) is 6.33 Å². The molecule has 5 heterocycles. The van der Waals surface area contributed by atoms with E-state index in [9.17, 15) is 42.5 Å². The molecule has 3 fully saturated rings. The van der Waals surface area contributed by atoms with Crippen molar-refractivity contribution >= 4 is 110 Å². The number of halogens is 1. The van der Waals surface area contributed by atoms with Crippen molar-refractivity contribution in [2.75, 3.05) is 63.9 Å². The van der Waals surface area contributed by atoms with Gasteiger partial charge in [0.05, 0.1) is 70.6 Å². The number of hydrogen-bond donors (Lipinski definition) is 2. The Kier molecular flexibility index (Phi) is 33.4. The molecule has 0 aromatic carbocycles. The van der Waals surface area contributed by atoms with Crippen LogP contribution in [0.4, 0.5) is 5.95 Å². The Labute approximate surface area is 493 Å². The molecule has 2 aromatic heterocycles. The van der Waals surface area contributed by atoms with Gasteiger partial charge in [-0.25, -0.2) is 9.78 Å². The van der Waals surface area contributed by atoms with Crippen LogP contribution in [0.2, 0.25) is 5.15 Å². The Morgan fingerprint density at radius 3 is 1.31 bits per heavy atom. The van der Waals surface area contributed by atoms with Gasteiger partial charge in [-0.05, 0) is 62.3 Å². The second-order valence-corrected chi connectivity index (χ2v) is 31.3. The van der Waals surface area contributed by atoms with Crippen molar-refractivity contribution in [2.24, 2.45) is 0 Å². The predicted molar refractivity (Wildman–Crippen MR) is 291 cm³/mol. The summed E-state index contributed by atoms with van der Waals surface area (Å²) in [4.78, 5) is 77.5. The number of hydrogen-bond acceptors (Lipinski definition) is 30. The molecule has 0 bridgehead atoms. The number of ether oxygens (including phenoxy) is 7. The van der Waals surface area contributed by atoms with Crippen LogP contribution in [0.25, 0.3) is 11.2 Å². The number of carboxylic acid groups (broad SMARTS) is 1. The Balaban J connectivity index is 0.000000385. The van der Waals surface area contributed by atoms with E-state index in [0.29, 0.717) is 50.4 Å². The Hall–Kier alpha value is -3.41. The number of carbonyl (C=O) groups excluding carboxylic acids is 5. The number of nitrogens with zero attached hydrogens (tertiary/aromatic N) is 4. The van der Waals surface area contributed by atoms with Crippen LogP contribution in [0.1, 0.15) is 122 Å². The van der Waals surface area contributed by atoms with E-state index in [1.807, 2.05) is 6.92 Å². The van der Waals surface area contributed by atoms with Crippen molar-refractivity contribution in [3.05, 3.63) is 11.5 Å². The van der Waals surface area contributed by atoms with Gasteiger partial charge in [0.2, 0.25) is 12.2 Å². The van der Waals surface area contributed by atoms with Crippen LogP contribution in [0.3, 0.4) is 0 Å². The van der Waals surface area contributed by atoms with E-state index in [1.165, 1.54) is 6.92 Å². The van der Waals surface area contributed by atoms with Gasteiger partial charge < -0.3 is 71.1 Å². The van der Waals surface area contributed by atoms with Crippen LogP contribution < -0.4 is 5.73 Å². The number of nitrogens with two attached hydrogens (primary N) is 1. The number of fused-ring (bicyclic) bond motifs is 1. The second kappa shape index (κ2) is 36.7. The number of rotatable bonds is 28. The fraction of sp³-hybridized carbons (Fsp3) is 0.761. The van der Waals surface area contributed by atoms with E-state index in [-0.39, 0.29) is 61.4 Å². The van der Waals surface area contributed by atoms with Gasteiger partial charge in [0.1, 0.15) is 17.7 Å². The first-order valence-electron chi connectivity index (χ1n) is 26.3. The molecule has 476 valence electrons. The summed E-state index contributed by atoms with van der Waals surface area (Å²) in [5.41, 5.74) is 6.58. The molecule has 0 aliphatic carbocycles. The van der Waals surface area contributed by atoms with Gasteiger partial charge in [0, 0.05) is 26.2 Å². The quantitative estimate of drug-likeness (QED) is 0.0382. The van der Waals surface area contributed by atoms with Gasteiger partial charge in [-0.15, -0.1) is 0 Å². The molecule has 9 atom stereocenters. The average Bonchev–Trinajstić information content (AvgIpc) is 4.20. The maximum Gasteiger partial charge on any atom is 0.335 e. The van der Waals surface area contributed by atoms with Crippen molar-refractivity contribution in [3.8, 4) is 0 Å². The summed E-state index contributed by atoms with van der Waals surface area (Å²) in [6, 6.07) is 0. The zero-order chi connectivity index (χ0) is 62.9.